The quantitative estimate of drug-likeness (QED) is 0.632. The van der Waals surface area contributed by atoms with Crippen LogP contribution in [0.3, 0.4) is 0 Å². The fourth-order valence-corrected chi connectivity index (χ4v) is 4.28. The molecule has 1 N–H and O–H groups in total. The highest BCUT2D eigenvalue weighted by atomic mass is 35.5. The summed E-state index contributed by atoms with van der Waals surface area (Å²) in [6.07, 6.45) is 0. The van der Waals surface area contributed by atoms with Gasteiger partial charge in [0.2, 0.25) is 0 Å². The van der Waals surface area contributed by atoms with Crippen molar-refractivity contribution in [2.45, 2.75) is 18.4 Å². The number of rotatable bonds is 6. The predicted octanol–water partition coefficient (Wildman–Crippen LogP) is 4.40. The molecule has 3 rings (SSSR count). The number of carbonyl (C=O) groups excluding carboxylic acids is 1. The van der Waals surface area contributed by atoms with Crippen LogP contribution in [0.25, 0.3) is 0 Å². The molecule has 0 heterocycles. The van der Waals surface area contributed by atoms with Crippen LogP contribution in [0.1, 0.15) is 21.5 Å². The van der Waals surface area contributed by atoms with Crippen molar-refractivity contribution in [2.75, 3.05) is 11.4 Å². The van der Waals surface area contributed by atoms with Gasteiger partial charge in [-0.15, -0.1) is 0 Å². The Labute approximate surface area is 176 Å². The maximum absolute atomic E-state index is 12.8. The number of nitrogens with one attached hydrogen (secondary N) is 1. The van der Waals surface area contributed by atoms with Gasteiger partial charge in [-0.1, -0.05) is 59.6 Å². The molecule has 150 valence electrons. The normalized spacial score (nSPS) is 11.1. The number of anilines is 1. The van der Waals surface area contributed by atoms with Crippen LogP contribution in [0.5, 0.6) is 0 Å². The van der Waals surface area contributed by atoms with Crippen molar-refractivity contribution in [3.8, 4) is 0 Å². The number of hydrogen-bond acceptors (Lipinski definition) is 3. The van der Waals surface area contributed by atoms with E-state index in [1.165, 1.54) is 31.3 Å². The van der Waals surface area contributed by atoms with Crippen molar-refractivity contribution in [1.29, 1.82) is 0 Å². The Balaban J connectivity index is 1.83. The molecular weight excluding hydrogens is 408 g/mol. The van der Waals surface area contributed by atoms with E-state index in [4.69, 9.17) is 11.6 Å². The third-order valence-electron chi connectivity index (χ3n) is 4.50. The van der Waals surface area contributed by atoms with Crippen LogP contribution in [0.2, 0.25) is 5.02 Å². The number of halogens is 1. The molecule has 0 saturated carbocycles. The summed E-state index contributed by atoms with van der Waals surface area (Å²) in [5, 5.41) is 3.08. The standard InChI is InChI=1S/C22H21ClN2O3S/c1-16-7-6-8-17(13-16)15-24-22(26)20-14-18(11-12-21(20)23)25(2)29(27,28)19-9-4-3-5-10-19/h3-14H,15H2,1-2H3,(H,24,26). The highest BCUT2D eigenvalue weighted by Gasteiger charge is 2.22. The summed E-state index contributed by atoms with van der Waals surface area (Å²) in [6.45, 7) is 2.33. The minimum Gasteiger partial charge on any atom is -0.348 e. The summed E-state index contributed by atoms with van der Waals surface area (Å²) in [5.74, 6) is -0.371. The monoisotopic (exact) mass is 428 g/mol. The Morgan fingerprint density at radius 3 is 2.41 bits per heavy atom. The van der Waals surface area contributed by atoms with E-state index in [1.54, 1.807) is 24.3 Å². The zero-order valence-electron chi connectivity index (χ0n) is 16.1. The average molecular weight is 429 g/mol. The van der Waals surface area contributed by atoms with Gasteiger partial charge in [0.25, 0.3) is 15.9 Å². The second-order valence-electron chi connectivity index (χ2n) is 6.62. The molecule has 3 aromatic carbocycles. The fraction of sp³-hybridized carbons (Fsp3) is 0.136. The minimum absolute atomic E-state index is 0.169. The largest absolute Gasteiger partial charge is 0.348 e. The Morgan fingerprint density at radius 1 is 1.00 bits per heavy atom. The van der Waals surface area contributed by atoms with E-state index in [0.29, 0.717) is 12.2 Å². The number of hydrogen-bond donors (Lipinski definition) is 1. The zero-order valence-corrected chi connectivity index (χ0v) is 17.7. The van der Waals surface area contributed by atoms with E-state index in [9.17, 15) is 13.2 Å². The third kappa shape index (κ3) is 4.78. The molecule has 0 aliphatic carbocycles. The van der Waals surface area contributed by atoms with Crippen molar-refractivity contribution >= 4 is 33.2 Å². The molecule has 0 aliphatic heterocycles. The number of amides is 1. The second kappa shape index (κ2) is 8.68. The van der Waals surface area contributed by atoms with Crippen LogP contribution in [0.15, 0.2) is 77.7 Å². The first-order chi connectivity index (χ1) is 13.8. The van der Waals surface area contributed by atoms with Crippen LogP contribution in [-0.4, -0.2) is 21.4 Å². The summed E-state index contributed by atoms with van der Waals surface area (Å²) in [7, 11) is -2.30. The number of sulfonamides is 1. The minimum atomic E-state index is -3.75. The summed E-state index contributed by atoms with van der Waals surface area (Å²) < 4.78 is 26.8. The van der Waals surface area contributed by atoms with Crippen molar-refractivity contribution in [3.05, 3.63) is 94.5 Å². The lowest BCUT2D eigenvalue weighted by atomic mass is 10.1. The van der Waals surface area contributed by atoms with E-state index in [0.717, 1.165) is 15.4 Å². The summed E-state index contributed by atoms with van der Waals surface area (Å²) in [6, 6.07) is 20.5. The van der Waals surface area contributed by atoms with Crippen molar-refractivity contribution < 1.29 is 13.2 Å². The van der Waals surface area contributed by atoms with Crippen molar-refractivity contribution in [1.82, 2.24) is 5.32 Å². The molecule has 1 amide bonds. The SMILES string of the molecule is Cc1cccc(CNC(=O)c2cc(N(C)S(=O)(=O)c3ccccc3)ccc2Cl)c1. The first-order valence-electron chi connectivity index (χ1n) is 8.96. The molecule has 7 heteroatoms. The Morgan fingerprint density at radius 2 is 1.72 bits per heavy atom. The van der Waals surface area contributed by atoms with Gasteiger partial charge >= 0.3 is 0 Å². The van der Waals surface area contributed by atoms with Crippen LogP contribution >= 0.6 is 11.6 Å². The lowest BCUT2D eigenvalue weighted by molar-refractivity contribution is 0.0951. The summed E-state index contributed by atoms with van der Waals surface area (Å²) in [4.78, 5) is 12.8. The van der Waals surface area contributed by atoms with Crippen molar-refractivity contribution in [3.63, 3.8) is 0 Å². The predicted molar refractivity (Wildman–Crippen MR) is 116 cm³/mol. The Bertz CT molecular complexity index is 1130. The van der Waals surface area contributed by atoms with Gasteiger partial charge in [-0.05, 0) is 42.8 Å². The number of benzene rings is 3. The fourth-order valence-electron chi connectivity index (χ4n) is 2.87. The van der Waals surface area contributed by atoms with Gasteiger partial charge < -0.3 is 5.32 Å². The van der Waals surface area contributed by atoms with Gasteiger partial charge in [-0.3, -0.25) is 9.10 Å². The molecule has 0 aliphatic rings. The van der Waals surface area contributed by atoms with Crippen molar-refractivity contribution in [2.24, 2.45) is 0 Å². The molecule has 0 radical (unpaired) electrons. The van der Waals surface area contributed by atoms with E-state index in [-0.39, 0.29) is 21.4 Å². The molecule has 0 unspecified atom stereocenters. The second-order valence-corrected chi connectivity index (χ2v) is 9.00. The van der Waals surface area contributed by atoms with Gasteiger partial charge in [0, 0.05) is 13.6 Å². The molecule has 0 fully saturated rings. The number of carbonyl (C=O) groups is 1. The highest BCUT2D eigenvalue weighted by Crippen LogP contribution is 2.26. The van der Waals surface area contributed by atoms with E-state index in [1.807, 2.05) is 31.2 Å². The highest BCUT2D eigenvalue weighted by molar-refractivity contribution is 7.92. The maximum Gasteiger partial charge on any atom is 0.264 e. The lowest BCUT2D eigenvalue weighted by Gasteiger charge is -2.20. The van der Waals surface area contributed by atoms with Crippen LogP contribution in [0.4, 0.5) is 5.69 Å². The zero-order chi connectivity index (χ0) is 21.0. The Kier molecular flexibility index (Phi) is 6.25. The molecule has 0 bridgehead atoms. The number of aryl methyl sites for hydroxylation is 1. The van der Waals surface area contributed by atoms with Gasteiger partial charge in [-0.2, -0.15) is 0 Å². The molecule has 0 atom stereocenters. The maximum atomic E-state index is 12.8. The van der Waals surface area contributed by atoms with Crippen LogP contribution < -0.4 is 9.62 Å². The molecule has 5 nitrogen and oxygen atoms in total. The number of nitrogens with zero attached hydrogens (tertiary/aromatic N) is 1. The smallest absolute Gasteiger partial charge is 0.264 e. The Hall–Kier alpha value is -2.83. The first-order valence-corrected chi connectivity index (χ1v) is 10.8. The summed E-state index contributed by atoms with van der Waals surface area (Å²) >= 11 is 6.21. The molecule has 0 saturated heterocycles. The molecular formula is C22H21ClN2O3S. The average Bonchev–Trinajstić information content (AvgIpc) is 2.72. The first kappa shape index (κ1) is 20.9. The lowest BCUT2D eigenvalue weighted by Crippen LogP contribution is -2.27. The van der Waals surface area contributed by atoms with E-state index >= 15 is 0 Å². The molecule has 3 aromatic rings. The van der Waals surface area contributed by atoms with Crippen LogP contribution in [-0.2, 0) is 16.6 Å². The van der Waals surface area contributed by atoms with E-state index in [2.05, 4.69) is 5.32 Å². The topological polar surface area (TPSA) is 66.5 Å². The van der Waals surface area contributed by atoms with E-state index < -0.39 is 10.0 Å². The van der Waals surface area contributed by atoms with Gasteiger partial charge in [0.05, 0.1) is 21.2 Å². The van der Waals surface area contributed by atoms with Crippen LogP contribution in [0, 0.1) is 6.92 Å². The molecule has 0 aromatic heterocycles. The van der Waals surface area contributed by atoms with Gasteiger partial charge in [0.15, 0.2) is 0 Å². The summed E-state index contributed by atoms with van der Waals surface area (Å²) in [5.41, 5.74) is 2.63. The third-order valence-corrected chi connectivity index (χ3v) is 6.62. The molecule has 29 heavy (non-hydrogen) atoms. The van der Waals surface area contributed by atoms with Gasteiger partial charge in [0.1, 0.15) is 0 Å². The molecule has 0 spiro atoms. The van der Waals surface area contributed by atoms with Gasteiger partial charge in [-0.25, -0.2) is 8.42 Å².